The summed E-state index contributed by atoms with van der Waals surface area (Å²) in [5.74, 6) is 1.92. The minimum absolute atomic E-state index is 0.00234. The number of H-pyrrole nitrogens is 1. The van der Waals surface area contributed by atoms with E-state index in [1.165, 1.54) is 25.7 Å². The van der Waals surface area contributed by atoms with Crippen molar-refractivity contribution in [3.8, 4) is 22.9 Å². The molecule has 0 aliphatic carbocycles. The number of nitrogens with zero attached hydrogens (tertiary/aromatic N) is 3. The maximum absolute atomic E-state index is 13.2. The summed E-state index contributed by atoms with van der Waals surface area (Å²) in [7, 11) is -2.42. The number of anilines is 1. The van der Waals surface area contributed by atoms with Crippen molar-refractivity contribution >= 4 is 21.2 Å². The summed E-state index contributed by atoms with van der Waals surface area (Å²) < 4.78 is 41.6. The van der Waals surface area contributed by atoms with Crippen LogP contribution in [0.3, 0.4) is 0 Å². The number of sulfonamides is 1. The molecule has 39 heavy (non-hydrogen) atoms. The first-order valence-corrected chi connectivity index (χ1v) is 14.7. The zero-order chi connectivity index (χ0) is 28.0. The number of fused-ring (bicyclic) bond motifs is 1. The highest BCUT2D eigenvalue weighted by molar-refractivity contribution is 7.92. The van der Waals surface area contributed by atoms with Gasteiger partial charge in [0.05, 0.1) is 29.9 Å². The van der Waals surface area contributed by atoms with E-state index in [1.54, 1.807) is 41.8 Å². The van der Waals surface area contributed by atoms with Crippen LogP contribution in [0.5, 0.6) is 11.5 Å². The van der Waals surface area contributed by atoms with Crippen LogP contribution in [0.15, 0.2) is 52.2 Å². The molecule has 0 aliphatic heterocycles. The van der Waals surface area contributed by atoms with Crippen molar-refractivity contribution in [2.24, 2.45) is 0 Å². The van der Waals surface area contributed by atoms with Gasteiger partial charge in [0.1, 0.15) is 17.3 Å². The van der Waals surface area contributed by atoms with Gasteiger partial charge in [-0.3, -0.25) is 9.52 Å². The molecular weight excluding hydrogens is 518 g/mol. The molecular formula is C28H35N5O5S. The van der Waals surface area contributed by atoms with E-state index in [1.807, 2.05) is 6.92 Å². The van der Waals surface area contributed by atoms with E-state index < -0.39 is 10.0 Å². The van der Waals surface area contributed by atoms with Gasteiger partial charge >= 0.3 is 0 Å². The first-order chi connectivity index (χ1) is 18.8. The van der Waals surface area contributed by atoms with Gasteiger partial charge in [0, 0.05) is 12.1 Å². The van der Waals surface area contributed by atoms with Crippen molar-refractivity contribution in [2.75, 3.05) is 18.4 Å². The number of methoxy groups -OCH3 is 1. The summed E-state index contributed by atoms with van der Waals surface area (Å²) in [4.78, 5) is 20.5. The third kappa shape index (κ3) is 6.42. The fraction of sp³-hybridized carbons (Fsp3) is 0.393. The smallest absolute Gasteiger partial charge is 0.277 e. The Bertz CT molecular complexity index is 1590. The minimum Gasteiger partial charge on any atom is -0.497 e. The van der Waals surface area contributed by atoms with Crippen molar-refractivity contribution < 1.29 is 17.9 Å². The van der Waals surface area contributed by atoms with Gasteiger partial charge in [0.2, 0.25) is 0 Å². The highest BCUT2D eigenvalue weighted by Crippen LogP contribution is 2.31. The molecule has 2 heterocycles. The van der Waals surface area contributed by atoms with E-state index in [0.29, 0.717) is 52.8 Å². The van der Waals surface area contributed by atoms with Crippen LogP contribution in [0, 0.1) is 6.92 Å². The Morgan fingerprint density at radius 2 is 1.77 bits per heavy atom. The maximum Gasteiger partial charge on any atom is 0.277 e. The van der Waals surface area contributed by atoms with Gasteiger partial charge in [0.25, 0.3) is 15.6 Å². The maximum atomic E-state index is 13.2. The van der Waals surface area contributed by atoms with Crippen LogP contribution in [-0.4, -0.2) is 41.7 Å². The molecule has 4 aromatic rings. The first-order valence-electron chi connectivity index (χ1n) is 13.2. The molecule has 0 fully saturated rings. The molecule has 0 bridgehead atoms. The topological polar surface area (TPSA) is 128 Å². The quantitative estimate of drug-likeness (QED) is 0.220. The molecule has 208 valence electrons. The molecule has 0 saturated heterocycles. The number of nitrogens with one attached hydrogen (secondary N) is 2. The van der Waals surface area contributed by atoms with Gasteiger partial charge < -0.3 is 14.5 Å². The van der Waals surface area contributed by atoms with Crippen LogP contribution < -0.4 is 19.8 Å². The minimum atomic E-state index is -3.96. The van der Waals surface area contributed by atoms with Gasteiger partial charge in [-0.15, -0.1) is 5.10 Å². The van der Waals surface area contributed by atoms with Crippen LogP contribution in [-0.2, 0) is 16.4 Å². The second kappa shape index (κ2) is 12.3. The van der Waals surface area contributed by atoms with E-state index in [-0.39, 0.29) is 16.3 Å². The lowest BCUT2D eigenvalue weighted by Crippen LogP contribution is -2.17. The van der Waals surface area contributed by atoms with Crippen LogP contribution in [0.1, 0.15) is 57.5 Å². The van der Waals surface area contributed by atoms with Crippen molar-refractivity contribution in [2.45, 2.75) is 64.2 Å². The van der Waals surface area contributed by atoms with Crippen molar-refractivity contribution in [3.63, 3.8) is 0 Å². The van der Waals surface area contributed by atoms with Crippen LogP contribution >= 0.6 is 0 Å². The Morgan fingerprint density at radius 3 is 2.46 bits per heavy atom. The molecule has 0 saturated carbocycles. The highest BCUT2D eigenvalue weighted by Gasteiger charge is 2.21. The summed E-state index contributed by atoms with van der Waals surface area (Å²) >= 11 is 0. The van der Waals surface area contributed by atoms with Gasteiger partial charge in [-0.25, -0.2) is 17.9 Å². The average molecular weight is 554 g/mol. The number of aryl methyl sites for hydroxylation is 2. The Hall–Kier alpha value is -3.86. The Kier molecular flexibility index (Phi) is 8.90. The van der Waals surface area contributed by atoms with Crippen molar-refractivity contribution in [1.29, 1.82) is 0 Å². The van der Waals surface area contributed by atoms with Gasteiger partial charge in [0.15, 0.2) is 11.3 Å². The third-order valence-electron chi connectivity index (χ3n) is 6.41. The number of unbranched alkanes of at least 4 members (excludes halogenated alkanes) is 4. The SMILES string of the molecule is CCCCCCCc1nc(C)c2c(=O)[nH]c(-c3cc(S(=O)(=O)Nc4ccc(OC)cc4)ccc3OCC)nn12. The summed E-state index contributed by atoms with van der Waals surface area (Å²) in [6.45, 7) is 6.14. The molecule has 2 aromatic carbocycles. The molecule has 0 radical (unpaired) electrons. The van der Waals surface area contributed by atoms with E-state index >= 15 is 0 Å². The fourth-order valence-electron chi connectivity index (χ4n) is 4.42. The second-order valence-electron chi connectivity index (χ2n) is 9.27. The largest absolute Gasteiger partial charge is 0.497 e. The zero-order valence-electron chi connectivity index (χ0n) is 22.8. The molecule has 10 nitrogen and oxygen atoms in total. The summed E-state index contributed by atoms with van der Waals surface area (Å²) in [5, 5.41) is 4.70. The standard InChI is InChI=1S/C28H35N5O5S/c1-5-7-8-9-10-11-25-29-19(3)26-28(34)30-27(31-33(25)26)23-18-22(16-17-24(23)38-6-2)39(35,36)32-20-12-14-21(37-4)15-13-20/h12-18,32H,5-11H2,1-4H3,(H,30,31,34). The molecule has 0 amide bonds. The van der Waals surface area contributed by atoms with Gasteiger partial charge in [-0.05, 0) is 62.7 Å². The van der Waals surface area contributed by atoms with Gasteiger partial charge in [-0.2, -0.15) is 0 Å². The normalized spacial score (nSPS) is 11.6. The Morgan fingerprint density at radius 1 is 1.03 bits per heavy atom. The zero-order valence-corrected chi connectivity index (χ0v) is 23.6. The average Bonchev–Trinajstić information content (AvgIpc) is 3.24. The van der Waals surface area contributed by atoms with E-state index in [4.69, 9.17) is 14.6 Å². The third-order valence-corrected chi connectivity index (χ3v) is 7.78. The number of rotatable bonds is 13. The number of benzene rings is 2. The molecule has 0 atom stereocenters. The van der Waals surface area contributed by atoms with Crippen LogP contribution in [0.25, 0.3) is 16.9 Å². The number of aromatic nitrogens is 4. The van der Waals surface area contributed by atoms with Crippen LogP contribution in [0.2, 0.25) is 0 Å². The predicted molar refractivity (Wildman–Crippen MR) is 151 cm³/mol. The van der Waals surface area contributed by atoms with Gasteiger partial charge in [-0.1, -0.05) is 32.6 Å². The molecule has 2 N–H and O–H groups in total. The fourth-order valence-corrected chi connectivity index (χ4v) is 5.51. The second-order valence-corrected chi connectivity index (χ2v) is 10.9. The lowest BCUT2D eigenvalue weighted by molar-refractivity contribution is 0.341. The summed E-state index contributed by atoms with van der Waals surface area (Å²) in [6.07, 6.45) is 6.22. The van der Waals surface area contributed by atoms with E-state index in [2.05, 4.69) is 21.6 Å². The first kappa shape index (κ1) is 28.2. The molecule has 4 rings (SSSR count). The van der Waals surface area contributed by atoms with Crippen molar-refractivity contribution in [3.05, 3.63) is 64.3 Å². The monoisotopic (exact) mass is 553 g/mol. The van der Waals surface area contributed by atoms with Crippen LogP contribution in [0.4, 0.5) is 5.69 Å². The Balaban J connectivity index is 1.73. The van der Waals surface area contributed by atoms with E-state index in [0.717, 1.165) is 25.7 Å². The molecule has 0 unspecified atom stereocenters. The van der Waals surface area contributed by atoms with E-state index in [9.17, 15) is 13.2 Å². The number of hydrogen-bond acceptors (Lipinski definition) is 7. The summed E-state index contributed by atoms with van der Waals surface area (Å²) in [5.41, 5.74) is 1.37. The molecule has 11 heteroatoms. The molecule has 2 aromatic heterocycles. The number of imidazole rings is 1. The lowest BCUT2D eigenvalue weighted by Gasteiger charge is -2.14. The molecule has 0 aliphatic rings. The highest BCUT2D eigenvalue weighted by atomic mass is 32.2. The number of hydrogen-bond donors (Lipinski definition) is 2. The van der Waals surface area contributed by atoms with Crippen molar-refractivity contribution in [1.82, 2.24) is 19.6 Å². The molecule has 0 spiro atoms. The number of ether oxygens (including phenoxy) is 2. The predicted octanol–water partition coefficient (Wildman–Crippen LogP) is 5.11. The summed E-state index contributed by atoms with van der Waals surface area (Å²) in [6, 6.07) is 11.0. The Labute approximate surface area is 228 Å². The number of aromatic amines is 1. The lowest BCUT2D eigenvalue weighted by atomic mass is 10.1.